The number of amides is 2. The first-order chi connectivity index (χ1) is 12.7. The zero-order valence-corrected chi connectivity index (χ0v) is 15.4. The lowest BCUT2D eigenvalue weighted by Crippen LogP contribution is -2.42. The molecule has 27 heavy (non-hydrogen) atoms. The van der Waals surface area contributed by atoms with E-state index in [9.17, 15) is 29.6 Å². The first-order valence-corrected chi connectivity index (χ1v) is 8.50. The lowest BCUT2D eigenvalue weighted by atomic mass is 10.1. The molecule has 2 amide bonds. The van der Waals surface area contributed by atoms with Gasteiger partial charge in [-0.25, -0.2) is 4.79 Å². The van der Waals surface area contributed by atoms with Crippen molar-refractivity contribution < 1.29 is 33.9 Å². The summed E-state index contributed by atoms with van der Waals surface area (Å²) in [4.78, 5) is 47.1. The highest BCUT2D eigenvalue weighted by Crippen LogP contribution is 2.38. The zero-order chi connectivity index (χ0) is 20.3. The van der Waals surface area contributed by atoms with Crippen LogP contribution in [0.5, 0.6) is 11.5 Å². The molecule has 1 fully saturated rings. The van der Waals surface area contributed by atoms with Gasteiger partial charge in [-0.1, -0.05) is 0 Å². The molecule has 2 rings (SSSR count). The van der Waals surface area contributed by atoms with Crippen molar-refractivity contribution in [1.29, 1.82) is 0 Å². The van der Waals surface area contributed by atoms with Crippen LogP contribution in [0.1, 0.15) is 19.4 Å². The molecule has 1 atom stereocenters. The Balaban J connectivity index is 2.44. The van der Waals surface area contributed by atoms with E-state index in [0.29, 0.717) is 11.8 Å². The Bertz CT molecular complexity index is 851. The van der Waals surface area contributed by atoms with Crippen LogP contribution in [0.15, 0.2) is 17.0 Å². The second-order valence-corrected chi connectivity index (χ2v) is 6.30. The van der Waals surface area contributed by atoms with Gasteiger partial charge in [0.05, 0.1) is 23.5 Å². The molecule has 1 aliphatic heterocycles. The Hall–Kier alpha value is -3.08. The fourth-order valence-electron chi connectivity index (χ4n) is 2.33. The summed E-state index contributed by atoms with van der Waals surface area (Å²) in [5.74, 6) is -2.62. The number of ether oxygens (including phenoxy) is 2. The second kappa shape index (κ2) is 8.08. The van der Waals surface area contributed by atoms with Crippen LogP contribution in [-0.2, 0) is 14.3 Å². The van der Waals surface area contributed by atoms with Crippen LogP contribution in [0.3, 0.4) is 0 Å². The van der Waals surface area contributed by atoms with Crippen LogP contribution < -0.4 is 9.84 Å². The van der Waals surface area contributed by atoms with Crippen molar-refractivity contribution >= 4 is 40.6 Å². The normalized spacial score (nSPS) is 16.6. The van der Waals surface area contributed by atoms with E-state index in [2.05, 4.69) is 4.74 Å². The highest BCUT2D eigenvalue weighted by atomic mass is 32.2. The molecule has 1 aromatic carbocycles. The number of esters is 1. The molecule has 144 valence electrons. The van der Waals surface area contributed by atoms with Crippen LogP contribution in [0, 0.1) is 10.1 Å². The number of benzene rings is 1. The third kappa shape index (κ3) is 4.03. The molecule has 10 nitrogen and oxygen atoms in total. The minimum absolute atomic E-state index is 0.0499. The first-order valence-electron chi connectivity index (χ1n) is 7.68. The van der Waals surface area contributed by atoms with Gasteiger partial charge in [0.15, 0.2) is 0 Å². The Morgan fingerprint density at radius 1 is 1.41 bits per heavy atom. The van der Waals surface area contributed by atoms with Gasteiger partial charge in [-0.05, 0) is 43.3 Å². The number of nitro benzene ring substituents is 1. The quantitative estimate of drug-likeness (QED) is 0.304. The van der Waals surface area contributed by atoms with Gasteiger partial charge in [-0.2, -0.15) is 0 Å². The van der Waals surface area contributed by atoms with E-state index in [1.54, 1.807) is 6.92 Å². The Morgan fingerprint density at radius 2 is 2.07 bits per heavy atom. The second-order valence-electron chi connectivity index (χ2n) is 5.31. The van der Waals surface area contributed by atoms with Crippen LogP contribution in [0.25, 0.3) is 6.08 Å². The van der Waals surface area contributed by atoms with Crippen LogP contribution >= 0.6 is 11.8 Å². The maximum atomic E-state index is 12.5. The topological polar surface area (TPSA) is 139 Å². The summed E-state index contributed by atoms with van der Waals surface area (Å²) in [5, 5.41) is 22.4. The molecule has 11 heteroatoms. The number of nitro groups is 1. The molecule has 0 radical (unpaired) electrons. The summed E-state index contributed by atoms with van der Waals surface area (Å²) >= 11 is 0.572. The lowest BCUT2D eigenvalue weighted by molar-refractivity contribution is -0.398. The van der Waals surface area contributed by atoms with Crippen molar-refractivity contribution in [2.45, 2.75) is 19.9 Å². The van der Waals surface area contributed by atoms with E-state index in [1.165, 1.54) is 19.1 Å². The Morgan fingerprint density at radius 3 is 2.63 bits per heavy atom. The fraction of sp³-hybridized carbons (Fsp3) is 0.312. The molecule has 1 saturated heterocycles. The largest absolute Gasteiger partial charge is 0.865 e. The Kier molecular flexibility index (Phi) is 6.05. The molecule has 0 aromatic heterocycles. The number of methoxy groups -OCH3 is 1. The number of rotatable bonds is 6. The molecule has 0 saturated carbocycles. The van der Waals surface area contributed by atoms with Gasteiger partial charge in [0.1, 0.15) is 11.8 Å². The summed E-state index contributed by atoms with van der Waals surface area (Å²) in [5.41, 5.74) is -0.574. The summed E-state index contributed by atoms with van der Waals surface area (Å²) in [6.07, 6.45) is 1.23. The predicted molar refractivity (Wildman–Crippen MR) is 93.0 cm³/mol. The number of hydrogen-bond donors (Lipinski definition) is 0. The van der Waals surface area contributed by atoms with E-state index in [-0.39, 0.29) is 22.8 Å². The number of carbonyl (C=O) groups excluding carboxylic acids is 3. The van der Waals surface area contributed by atoms with Gasteiger partial charge in [0, 0.05) is 11.8 Å². The monoisotopic (exact) mass is 395 g/mol. The number of carbonyl (C=O) groups is 3. The predicted octanol–water partition coefficient (Wildman–Crippen LogP) is 1.66. The van der Waals surface area contributed by atoms with E-state index in [0.717, 1.165) is 18.1 Å². The first kappa shape index (κ1) is 20.2. The van der Waals surface area contributed by atoms with E-state index in [1.807, 2.05) is 0 Å². The average molecular weight is 395 g/mol. The molecule has 0 unspecified atom stereocenters. The smallest absolute Gasteiger partial charge is 0.328 e. The molecule has 0 aliphatic carbocycles. The third-order valence-electron chi connectivity index (χ3n) is 3.61. The van der Waals surface area contributed by atoms with E-state index >= 15 is 0 Å². The summed E-state index contributed by atoms with van der Waals surface area (Å²) in [6, 6.07) is 1.12. The van der Waals surface area contributed by atoms with Crippen molar-refractivity contribution in [2.24, 2.45) is 0 Å². The molecular weight excluding hydrogens is 380 g/mol. The van der Waals surface area contributed by atoms with Gasteiger partial charge >= 0.3 is 5.97 Å². The SMILES string of the molecule is CCOc1cc(/C=C2/SC(=O)N([C@@H](C)C(=O)OC)C2=O)cc([N+](=O)[O-])c1[O-]. The number of imide groups is 1. The fourth-order valence-corrected chi connectivity index (χ4v) is 3.24. The van der Waals surface area contributed by atoms with Crippen molar-refractivity contribution in [3.8, 4) is 11.5 Å². The highest BCUT2D eigenvalue weighted by molar-refractivity contribution is 8.18. The molecular formula is C16H15N2O8S-. The molecule has 0 bridgehead atoms. The summed E-state index contributed by atoms with van der Waals surface area (Å²) in [6.45, 7) is 3.07. The van der Waals surface area contributed by atoms with E-state index < -0.39 is 39.5 Å². The van der Waals surface area contributed by atoms with Gasteiger partial charge in [0.2, 0.25) is 0 Å². The molecule has 1 aliphatic rings. The molecule has 0 N–H and O–H groups in total. The molecule has 1 aromatic rings. The van der Waals surface area contributed by atoms with E-state index in [4.69, 9.17) is 4.74 Å². The van der Waals surface area contributed by atoms with Crippen LogP contribution in [0.2, 0.25) is 0 Å². The van der Waals surface area contributed by atoms with Crippen molar-refractivity contribution in [3.05, 3.63) is 32.7 Å². The minimum atomic E-state index is -1.12. The minimum Gasteiger partial charge on any atom is -0.865 e. The highest BCUT2D eigenvalue weighted by Gasteiger charge is 2.41. The zero-order valence-electron chi connectivity index (χ0n) is 14.6. The maximum absolute atomic E-state index is 12.5. The lowest BCUT2D eigenvalue weighted by Gasteiger charge is -2.18. The van der Waals surface area contributed by atoms with Crippen molar-refractivity contribution in [3.63, 3.8) is 0 Å². The van der Waals surface area contributed by atoms with Gasteiger partial charge in [-0.3, -0.25) is 24.6 Å². The third-order valence-corrected chi connectivity index (χ3v) is 4.49. The van der Waals surface area contributed by atoms with Gasteiger partial charge in [-0.15, -0.1) is 0 Å². The molecule has 0 spiro atoms. The summed E-state index contributed by atoms with van der Waals surface area (Å²) in [7, 11) is 1.13. The number of nitrogens with zero attached hydrogens (tertiary/aromatic N) is 2. The van der Waals surface area contributed by atoms with Crippen molar-refractivity contribution in [2.75, 3.05) is 13.7 Å². The maximum Gasteiger partial charge on any atom is 0.328 e. The van der Waals surface area contributed by atoms with Crippen LogP contribution in [-0.4, -0.2) is 46.7 Å². The summed E-state index contributed by atoms with van der Waals surface area (Å²) < 4.78 is 9.64. The average Bonchev–Trinajstić information content (AvgIpc) is 2.89. The Labute approximate surface area is 157 Å². The van der Waals surface area contributed by atoms with Crippen molar-refractivity contribution in [1.82, 2.24) is 4.90 Å². The number of thioether (sulfide) groups is 1. The molecule has 1 heterocycles. The van der Waals surface area contributed by atoms with Gasteiger partial charge < -0.3 is 14.6 Å². The van der Waals surface area contributed by atoms with Crippen LogP contribution in [0.4, 0.5) is 10.5 Å². The standard InChI is InChI=1S/C16H16N2O8S/c1-4-26-11-6-9(5-10(13(11)19)18(23)24)7-12-14(20)17(16(22)27-12)8(2)15(21)25-3/h5-8,19H,4H2,1-3H3/p-1/b12-7+/t8-/m0/s1. The van der Waals surface area contributed by atoms with Gasteiger partial charge in [0.25, 0.3) is 16.8 Å². The number of hydrogen-bond acceptors (Lipinski definition) is 9.